The van der Waals surface area contributed by atoms with Crippen LogP contribution in [0.5, 0.6) is 5.75 Å². The maximum atomic E-state index is 12.9. The fraction of sp³-hybridized carbons (Fsp3) is 0.500. The lowest BCUT2D eigenvalue weighted by Crippen LogP contribution is -2.56. The Kier molecular flexibility index (Phi) is 6.85. The molecule has 2 N–H and O–H groups in total. The van der Waals surface area contributed by atoms with E-state index in [0.29, 0.717) is 12.1 Å². The number of ether oxygens (including phenoxy) is 2. The zero-order chi connectivity index (χ0) is 21.8. The molecule has 1 saturated carbocycles. The summed E-state index contributed by atoms with van der Waals surface area (Å²) in [5.41, 5.74) is 1.18. The number of carbonyl (C=O) groups excluding carboxylic acids is 1. The molecule has 0 unspecified atom stereocenters. The van der Waals surface area contributed by atoms with Gasteiger partial charge in [0.25, 0.3) is 5.91 Å². The van der Waals surface area contributed by atoms with Gasteiger partial charge in [-0.25, -0.2) is 4.98 Å². The number of nitrogens with one attached hydrogen (secondary N) is 1. The van der Waals surface area contributed by atoms with Crippen molar-refractivity contribution in [1.82, 2.24) is 15.2 Å². The van der Waals surface area contributed by atoms with E-state index in [2.05, 4.69) is 15.2 Å². The van der Waals surface area contributed by atoms with Crippen molar-refractivity contribution in [3.63, 3.8) is 0 Å². The van der Waals surface area contributed by atoms with Crippen molar-refractivity contribution in [2.45, 2.75) is 56.6 Å². The van der Waals surface area contributed by atoms with Crippen molar-refractivity contribution in [2.24, 2.45) is 0 Å². The number of aryl methyl sites for hydroxylation is 1. The average molecular weight is 426 g/mol. The number of aliphatic hydroxyl groups excluding tert-OH is 1. The molecule has 7 nitrogen and oxygen atoms in total. The highest BCUT2D eigenvalue weighted by Gasteiger charge is 2.48. The molecule has 1 amide bonds. The number of amides is 1. The number of pyridine rings is 1. The van der Waals surface area contributed by atoms with E-state index in [1.54, 1.807) is 13.2 Å². The molecule has 2 aliphatic rings. The molecule has 0 spiro atoms. The first kappa shape index (κ1) is 21.7. The number of methoxy groups -OCH3 is 1. The van der Waals surface area contributed by atoms with Crippen LogP contribution in [0.2, 0.25) is 0 Å². The van der Waals surface area contributed by atoms with Crippen LogP contribution in [0.4, 0.5) is 0 Å². The largest absolute Gasteiger partial charge is 0.488 e. The van der Waals surface area contributed by atoms with Crippen LogP contribution in [0.3, 0.4) is 0 Å². The Morgan fingerprint density at radius 1 is 1.13 bits per heavy atom. The third-order valence-electron chi connectivity index (χ3n) is 6.33. The smallest absolute Gasteiger partial charge is 0.270 e. The van der Waals surface area contributed by atoms with E-state index in [9.17, 15) is 9.90 Å². The highest BCUT2D eigenvalue weighted by Crippen LogP contribution is 2.31. The third kappa shape index (κ3) is 5.06. The summed E-state index contributed by atoms with van der Waals surface area (Å²) in [7, 11) is 1.74. The Balaban J connectivity index is 1.51. The summed E-state index contributed by atoms with van der Waals surface area (Å²) >= 11 is 0. The highest BCUT2D eigenvalue weighted by atomic mass is 16.5. The quantitative estimate of drug-likeness (QED) is 0.738. The summed E-state index contributed by atoms with van der Waals surface area (Å²) in [6, 6.07) is 14.5. The molecule has 2 aromatic rings. The SMILES string of the molecule is COC1CCN([C@@H]2[C@@H](O)[C@H](Oc3ccccc3)C[C@H]2NC(=O)c2cccc(C)n2)CC1. The number of piperidine rings is 1. The minimum absolute atomic E-state index is 0.222. The molecular formula is C24H31N3O4. The van der Waals surface area contributed by atoms with E-state index in [0.717, 1.165) is 37.4 Å². The highest BCUT2D eigenvalue weighted by molar-refractivity contribution is 5.92. The lowest BCUT2D eigenvalue weighted by atomic mass is 10.0. The number of carbonyl (C=O) groups is 1. The van der Waals surface area contributed by atoms with Gasteiger partial charge < -0.3 is 19.9 Å². The van der Waals surface area contributed by atoms with Crippen molar-refractivity contribution in [1.29, 1.82) is 0 Å². The molecule has 4 atom stereocenters. The van der Waals surface area contributed by atoms with Gasteiger partial charge in [-0.05, 0) is 44.0 Å². The molecule has 0 bridgehead atoms. The van der Waals surface area contributed by atoms with Crippen LogP contribution in [-0.2, 0) is 4.74 Å². The van der Waals surface area contributed by atoms with Crippen LogP contribution >= 0.6 is 0 Å². The molecular weight excluding hydrogens is 394 g/mol. The van der Waals surface area contributed by atoms with E-state index >= 15 is 0 Å². The van der Waals surface area contributed by atoms with E-state index in [-0.39, 0.29) is 24.1 Å². The van der Waals surface area contributed by atoms with Crippen LogP contribution in [0, 0.1) is 6.92 Å². The van der Waals surface area contributed by atoms with E-state index in [1.807, 2.05) is 49.4 Å². The van der Waals surface area contributed by atoms with Gasteiger partial charge in [0, 0.05) is 32.3 Å². The molecule has 1 saturated heterocycles. The van der Waals surface area contributed by atoms with Gasteiger partial charge in [0.2, 0.25) is 0 Å². The summed E-state index contributed by atoms with van der Waals surface area (Å²) in [5, 5.41) is 14.3. The molecule has 166 valence electrons. The van der Waals surface area contributed by atoms with Crippen LogP contribution < -0.4 is 10.1 Å². The predicted octanol–water partition coefficient (Wildman–Crippen LogP) is 2.18. The fourth-order valence-electron chi connectivity index (χ4n) is 4.71. The second kappa shape index (κ2) is 9.77. The Bertz CT molecular complexity index is 870. The summed E-state index contributed by atoms with van der Waals surface area (Å²) in [5.74, 6) is 0.494. The number of nitrogens with zero attached hydrogens (tertiary/aromatic N) is 2. The molecule has 1 aromatic carbocycles. The van der Waals surface area contributed by atoms with Gasteiger partial charge in [-0.2, -0.15) is 0 Å². The van der Waals surface area contributed by atoms with Crippen molar-refractivity contribution >= 4 is 5.91 Å². The Hall–Kier alpha value is -2.48. The van der Waals surface area contributed by atoms with Crippen molar-refractivity contribution in [2.75, 3.05) is 20.2 Å². The van der Waals surface area contributed by atoms with Gasteiger partial charge in [-0.15, -0.1) is 0 Å². The monoisotopic (exact) mass is 425 g/mol. The van der Waals surface area contributed by atoms with Crippen molar-refractivity contribution in [3.05, 3.63) is 59.9 Å². The first-order valence-corrected chi connectivity index (χ1v) is 11.0. The van der Waals surface area contributed by atoms with Crippen LogP contribution in [0.25, 0.3) is 0 Å². The first-order valence-electron chi connectivity index (χ1n) is 11.0. The predicted molar refractivity (Wildman–Crippen MR) is 117 cm³/mol. The number of hydrogen-bond donors (Lipinski definition) is 2. The summed E-state index contributed by atoms with van der Waals surface area (Å²) in [4.78, 5) is 19.5. The van der Waals surface area contributed by atoms with Crippen LogP contribution in [0.1, 0.15) is 35.4 Å². The maximum absolute atomic E-state index is 12.9. The molecule has 7 heteroatoms. The minimum Gasteiger partial charge on any atom is -0.488 e. The average Bonchev–Trinajstić information content (AvgIpc) is 3.09. The normalized spacial score (nSPS) is 27.2. The lowest BCUT2D eigenvalue weighted by Gasteiger charge is -2.39. The topological polar surface area (TPSA) is 83.9 Å². The van der Waals surface area contributed by atoms with Gasteiger partial charge >= 0.3 is 0 Å². The van der Waals surface area contributed by atoms with Gasteiger partial charge in [-0.1, -0.05) is 24.3 Å². The van der Waals surface area contributed by atoms with Crippen molar-refractivity contribution < 1.29 is 19.4 Å². The summed E-state index contributed by atoms with van der Waals surface area (Å²) in [6.07, 6.45) is 1.48. The standard InChI is InChI=1S/C24H31N3O4/c1-16-7-6-10-19(25-16)24(29)26-20-15-21(31-18-8-4-3-5-9-18)23(28)22(20)27-13-11-17(30-2)12-14-27/h3-10,17,20-23,28H,11-15H2,1-2H3,(H,26,29)/t20-,21-,22+,23+/m1/s1. The zero-order valence-corrected chi connectivity index (χ0v) is 18.1. The molecule has 1 aliphatic heterocycles. The number of para-hydroxylation sites is 1. The second-order valence-electron chi connectivity index (χ2n) is 8.40. The molecule has 1 aliphatic carbocycles. The Labute approximate surface area is 183 Å². The van der Waals surface area contributed by atoms with Crippen LogP contribution in [0.15, 0.2) is 48.5 Å². The fourth-order valence-corrected chi connectivity index (χ4v) is 4.71. The minimum atomic E-state index is -0.713. The number of benzene rings is 1. The number of hydrogen-bond acceptors (Lipinski definition) is 6. The summed E-state index contributed by atoms with van der Waals surface area (Å²) < 4.78 is 11.6. The molecule has 1 aromatic heterocycles. The van der Waals surface area contributed by atoms with Gasteiger partial charge in [0.05, 0.1) is 18.2 Å². The molecule has 0 radical (unpaired) electrons. The van der Waals surface area contributed by atoms with Gasteiger partial charge in [0.15, 0.2) is 0 Å². The number of aromatic nitrogens is 1. The third-order valence-corrected chi connectivity index (χ3v) is 6.33. The van der Waals surface area contributed by atoms with Gasteiger partial charge in [-0.3, -0.25) is 9.69 Å². The van der Waals surface area contributed by atoms with Gasteiger partial charge in [0.1, 0.15) is 23.7 Å². The Morgan fingerprint density at radius 2 is 1.87 bits per heavy atom. The van der Waals surface area contributed by atoms with E-state index < -0.39 is 12.2 Å². The zero-order valence-electron chi connectivity index (χ0n) is 18.1. The number of rotatable bonds is 6. The molecule has 2 fully saturated rings. The maximum Gasteiger partial charge on any atom is 0.270 e. The van der Waals surface area contributed by atoms with E-state index in [4.69, 9.17) is 9.47 Å². The Morgan fingerprint density at radius 3 is 2.55 bits per heavy atom. The van der Waals surface area contributed by atoms with E-state index in [1.165, 1.54) is 0 Å². The number of likely N-dealkylation sites (tertiary alicyclic amines) is 1. The lowest BCUT2D eigenvalue weighted by molar-refractivity contribution is -0.0228. The first-order chi connectivity index (χ1) is 15.0. The molecule has 31 heavy (non-hydrogen) atoms. The van der Waals surface area contributed by atoms with Crippen LogP contribution in [-0.4, -0.2) is 71.5 Å². The molecule has 4 rings (SSSR count). The molecule has 2 heterocycles. The number of aliphatic hydroxyl groups is 1. The van der Waals surface area contributed by atoms with Crippen molar-refractivity contribution in [3.8, 4) is 5.75 Å². The second-order valence-corrected chi connectivity index (χ2v) is 8.40. The summed E-state index contributed by atoms with van der Waals surface area (Å²) in [6.45, 7) is 3.49.